The van der Waals surface area contributed by atoms with Gasteiger partial charge in [-0.15, -0.1) is 0 Å². The van der Waals surface area contributed by atoms with E-state index in [1.165, 1.54) is 60.4 Å². The van der Waals surface area contributed by atoms with Gasteiger partial charge >= 0.3 is 0 Å². The highest BCUT2D eigenvalue weighted by Gasteiger charge is 2.43. The zero-order chi connectivity index (χ0) is 34.2. The number of thioether (sulfide) groups is 1. The number of nitrogens with zero attached hydrogens (tertiary/aromatic N) is 2. The van der Waals surface area contributed by atoms with Gasteiger partial charge in [-0.3, -0.25) is 0 Å². The van der Waals surface area contributed by atoms with Gasteiger partial charge in [0.1, 0.15) is 14.1 Å². The first-order valence-corrected chi connectivity index (χ1v) is 17.9. The van der Waals surface area contributed by atoms with Crippen molar-refractivity contribution in [2.75, 3.05) is 14.1 Å². The van der Waals surface area contributed by atoms with E-state index in [1.54, 1.807) is 0 Å². The SMILES string of the molecule is C[N+]1=C(/C=C/C(=CC=C2C=C(c3ccccc3)SC(c3ccccc3)=C2)/C=C/C2=[N+](C)c3ccccc3C2(C)C)C(C)(C)c2ccccc21. The Morgan fingerprint density at radius 3 is 1.39 bits per heavy atom. The van der Waals surface area contributed by atoms with Crippen molar-refractivity contribution in [1.82, 2.24) is 0 Å². The van der Waals surface area contributed by atoms with Crippen molar-refractivity contribution < 1.29 is 9.15 Å². The van der Waals surface area contributed by atoms with Crippen LogP contribution in [0.4, 0.5) is 11.4 Å². The fourth-order valence-corrected chi connectivity index (χ4v) is 8.56. The van der Waals surface area contributed by atoms with Crippen LogP contribution in [-0.2, 0) is 10.8 Å². The third-order valence-corrected chi connectivity index (χ3v) is 11.3. The van der Waals surface area contributed by atoms with Gasteiger partial charge in [0, 0.05) is 45.2 Å². The van der Waals surface area contributed by atoms with Crippen molar-refractivity contribution >= 4 is 44.4 Å². The fourth-order valence-electron chi connectivity index (χ4n) is 7.42. The van der Waals surface area contributed by atoms with E-state index < -0.39 is 0 Å². The zero-order valence-electron chi connectivity index (χ0n) is 29.3. The molecule has 3 heteroatoms. The number of allylic oxidation sites excluding steroid dienone is 10. The minimum absolute atomic E-state index is 0.0968. The van der Waals surface area contributed by atoms with Crippen LogP contribution in [0.1, 0.15) is 49.9 Å². The van der Waals surface area contributed by atoms with Crippen molar-refractivity contribution in [2.45, 2.75) is 38.5 Å². The second-order valence-electron chi connectivity index (χ2n) is 14.0. The highest BCUT2D eigenvalue weighted by Crippen LogP contribution is 2.44. The molecule has 4 aromatic rings. The highest BCUT2D eigenvalue weighted by atomic mass is 32.2. The van der Waals surface area contributed by atoms with E-state index in [0.717, 1.165) is 5.57 Å². The Kier molecular flexibility index (Phi) is 8.73. The Morgan fingerprint density at radius 1 is 0.551 bits per heavy atom. The van der Waals surface area contributed by atoms with Crippen LogP contribution in [-0.4, -0.2) is 34.7 Å². The molecule has 0 unspecified atom stereocenters. The zero-order valence-corrected chi connectivity index (χ0v) is 30.1. The van der Waals surface area contributed by atoms with E-state index in [1.807, 2.05) is 11.8 Å². The monoisotopic (exact) mass is 656 g/mol. The second kappa shape index (κ2) is 13.1. The molecule has 0 aliphatic carbocycles. The minimum Gasteiger partial charge on any atom is -0.198 e. The molecule has 0 aromatic heterocycles. The summed E-state index contributed by atoms with van der Waals surface area (Å²) in [7, 11) is 4.37. The number of para-hydroxylation sites is 2. The smallest absolute Gasteiger partial charge is 0.198 e. The summed E-state index contributed by atoms with van der Waals surface area (Å²) in [5.41, 5.74) is 12.4. The minimum atomic E-state index is -0.0968. The first-order chi connectivity index (χ1) is 23.6. The van der Waals surface area contributed by atoms with Gasteiger partial charge < -0.3 is 0 Å². The molecule has 0 bridgehead atoms. The summed E-state index contributed by atoms with van der Waals surface area (Å²) in [6, 6.07) is 38.9. The average Bonchev–Trinajstić information content (AvgIpc) is 3.45. The maximum absolute atomic E-state index is 2.34. The van der Waals surface area contributed by atoms with Crippen LogP contribution in [0, 0.1) is 0 Å². The molecule has 0 N–H and O–H groups in total. The fraction of sp³-hybridized carbons (Fsp3) is 0.174. The number of hydrogen-bond acceptors (Lipinski definition) is 1. The summed E-state index contributed by atoms with van der Waals surface area (Å²) < 4.78 is 4.68. The Morgan fingerprint density at radius 2 is 0.959 bits per heavy atom. The van der Waals surface area contributed by atoms with Crippen molar-refractivity contribution in [3.63, 3.8) is 0 Å². The quantitative estimate of drug-likeness (QED) is 0.142. The summed E-state index contributed by atoms with van der Waals surface area (Å²) >= 11 is 1.83. The lowest BCUT2D eigenvalue weighted by atomic mass is 9.81. The van der Waals surface area contributed by atoms with Crippen LogP contribution in [0.5, 0.6) is 0 Å². The number of benzene rings is 4. The van der Waals surface area contributed by atoms with Crippen LogP contribution >= 0.6 is 11.8 Å². The van der Waals surface area contributed by atoms with E-state index in [0.29, 0.717) is 0 Å². The maximum Gasteiger partial charge on any atom is 0.209 e. The number of rotatable bonds is 7. The van der Waals surface area contributed by atoms with Crippen molar-refractivity contribution in [2.24, 2.45) is 0 Å². The van der Waals surface area contributed by atoms with Crippen LogP contribution in [0.15, 0.2) is 169 Å². The molecule has 0 fully saturated rings. The normalized spacial score (nSPS) is 17.7. The summed E-state index contributed by atoms with van der Waals surface area (Å²) in [5, 5.41) is 0. The molecule has 0 saturated heterocycles. The molecule has 4 aromatic carbocycles. The standard InChI is InChI=1S/C46H44N2S/c1-45(2)37-21-13-15-23-39(37)47(5)43(45)29-27-33(28-30-44-46(3,4)38-22-14-16-24-40(38)48(44)6)25-26-34-31-41(35-17-9-7-10-18-35)49-42(32-34)36-19-11-8-12-20-36/h7-32H,1-6H3/q+2/b29-27+,30-28+. The first-order valence-electron chi connectivity index (χ1n) is 17.1. The molecule has 0 spiro atoms. The van der Waals surface area contributed by atoms with Crippen molar-refractivity contribution in [3.8, 4) is 0 Å². The van der Waals surface area contributed by atoms with Gasteiger partial charge in [-0.25, -0.2) is 0 Å². The molecule has 3 aliphatic heterocycles. The van der Waals surface area contributed by atoms with Gasteiger partial charge in [0.15, 0.2) is 11.4 Å². The molecule has 0 saturated carbocycles. The topological polar surface area (TPSA) is 6.02 Å². The molecular weight excluding hydrogens is 613 g/mol. The van der Waals surface area contributed by atoms with Crippen LogP contribution < -0.4 is 0 Å². The summed E-state index contributed by atoms with van der Waals surface area (Å²) in [4.78, 5) is 2.50. The lowest BCUT2D eigenvalue weighted by Crippen LogP contribution is -2.26. The molecule has 7 rings (SSSR count). The van der Waals surface area contributed by atoms with E-state index in [2.05, 4.69) is 209 Å². The average molecular weight is 657 g/mol. The largest absolute Gasteiger partial charge is 0.209 e. The molecule has 0 amide bonds. The van der Waals surface area contributed by atoms with Crippen LogP contribution in [0.25, 0.3) is 9.81 Å². The first kappa shape index (κ1) is 32.6. The lowest BCUT2D eigenvalue weighted by molar-refractivity contribution is -0.401. The predicted molar refractivity (Wildman–Crippen MR) is 212 cm³/mol. The Bertz CT molecular complexity index is 2030. The second-order valence-corrected chi connectivity index (χ2v) is 15.1. The van der Waals surface area contributed by atoms with Crippen LogP contribution in [0.3, 0.4) is 0 Å². The summed E-state index contributed by atoms with van der Waals surface area (Å²) in [6.07, 6.45) is 18.3. The molecule has 2 nitrogen and oxygen atoms in total. The van der Waals surface area contributed by atoms with Crippen molar-refractivity contribution in [1.29, 1.82) is 0 Å². The number of hydrogen-bond donors (Lipinski definition) is 0. The maximum atomic E-state index is 2.34. The lowest BCUT2D eigenvalue weighted by Gasteiger charge is -2.17. The molecule has 3 aliphatic rings. The van der Waals surface area contributed by atoms with Gasteiger partial charge in [0.05, 0.1) is 10.8 Å². The van der Waals surface area contributed by atoms with E-state index in [-0.39, 0.29) is 10.8 Å². The van der Waals surface area contributed by atoms with E-state index in [4.69, 9.17) is 0 Å². The van der Waals surface area contributed by atoms with Crippen LogP contribution in [0.2, 0.25) is 0 Å². The Labute approximate surface area is 296 Å². The highest BCUT2D eigenvalue weighted by molar-refractivity contribution is 8.16. The van der Waals surface area contributed by atoms with Gasteiger partial charge in [-0.05, 0) is 74.3 Å². The molecular formula is C46H44N2S+2. The molecule has 49 heavy (non-hydrogen) atoms. The molecule has 0 radical (unpaired) electrons. The summed E-state index contributed by atoms with van der Waals surface area (Å²) in [6.45, 7) is 9.30. The third-order valence-electron chi connectivity index (χ3n) is 10.1. The van der Waals surface area contributed by atoms with Crippen molar-refractivity contribution in [3.05, 3.63) is 191 Å². The summed E-state index contributed by atoms with van der Waals surface area (Å²) in [5.74, 6) is 0. The van der Waals surface area contributed by atoms with Gasteiger partial charge in [-0.2, -0.15) is 9.15 Å². The predicted octanol–water partition coefficient (Wildman–Crippen LogP) is 11.2. The Hall–Kier alpha value is -4.99. The van der Waals surface area contributed by atoms with Gasteiger partial charge in [0.25, 0.3) is 0 Å². The Balaban J connectivity index is 1.32. The third kappa shape index (κ3) is 6.20. The van der Waals surface area contributed by atoms with Gasteiger partial charge in [0.2, 0.25) is 11.4 Å². The molecule has 0 atom stereocenters. The van der Waals surface area contributed by atoms with E-state index >= 15 is 0 Å². The van der Waals surface area contributed by atoms with Gasteiger partial charge in [-0.1, -0.05) is 121 Å². The number of fused-ring (bicyclic) bond motifs is 2. The van der Waals surface area contributed by atoms with E-state index in [9.17, 15) is 0 Å². The molecule has 242 valence electrons. The molecule has 3 heterocycles.